The van der Waals surface area contributed by atoms with Crippen molar-refractivity contribution in [3.8, 4) is 0 Å². The number of likely N-dealkylation sites (tertiary alicyclic amines) is 1. The average Bonchev–Trinajstić information content (AvgIpc) is 2.98. The van der Waals surface area contributed by atoms with Crippen LogP contribution in [0.25, 0.3) is 0 Å². The Balaban J connectivity index is 1.52. The van der Waals surface area contributed by atoms with Crippen molar-refractivity contribution in [3.05, 3.63) is 70.0 Å². The van der Waals surface area contributed by atoms with Crippen LogP contribution in [0, 0.1) is 18.7 Å². The van der Waals surface area contributed by atoms with Gasteiger partial charge in [0.2, 0.25) is 11.8 Å². The molecule has 0 bridgehead atoms. The van der Waals surface area contributed by atoms with E-state index in [1.54, 1.807) is 22.8 Å². The maximum Gasteiger partial charge on any atom is 0.416 e. The van der Waals surface area contributed by atoms with Crippen molar-refractivity contribution in [1.29, 1.82) is 0 Å². The smallest absolute Gasteiger partial charge is 0.339 e. The van der Waals surface area contributed by atoms with E-state index in [0.717, 1.165) is 0 Å². The standard InChI is InChI=1S/C31H35F7N4O3/c1-19-14-25(32)4-5-26(19)27-17-22(28(44)41-12-10-40(11-13-41)20(2)43)7-9-42(27)29(45)39(3)8-6-21-15-23(30(33,34)35)18-24(16-21)31(36,37)38/h4-5,14-16,18,22,27H,6-13,17H2,1-3H3/t22-,27+/m0/s1. The van der Waals surface area contributed by atoms with E-state index in [1.165, 1.54) is 35.9 Å². The summed E-state index contributed by atoms with van der Waals surface area (Å²) in [6, 6.07) is 4.32. The molecule has 2 fully saturated rings. The fourth-order valence-corrected chi connectivity index (χ4v) is 6.00. The third-order valence-electron chi connectivity index (χ3n) is 8.53. The minimum atomic E-state index is -4.99. The number of amides is 4. The summed E-state index contributed by atoms with van der Waals surface area (Å²) in [5, 5.41) is 0. The van der Waals surface area contributed by atoms with Crippen molar-refractivity contribution in [2.75, 3.05) is 46.3 Å². The summed E-state index contributed by atoms with van der Waals surface area (Å²) in [5.74, 6) is -1.10. The first-order valence-electron chi connectivity index (χ1n) is 14.6. The molecule has 2 heterocycles. The number of hydrogen-bond donors (Lipinski definition) is 0. The van der Waals surface area contributed by atoms with Crippen LogP contribution >= 0.6 is 0 Å². The van der Waals surface area contributed by atoms with Crippen LogP contribution in [-0.2, 0) is 28.4 Å². The number of benzene rings is 2. The van der Waals surface area contributed by atoms with Gasteiger partial charge in [-0.3, -0.25) is 9.59 Å². The summed E-state index contributed by atoms with van der Waals surface area (Å²) in [6.07, 6.45) is -9.68. The number of rotatable bonds is 5. The summed E-state index contributed by atoms with van der Waals surface area (Å²) >= 11 is 0. The largest absolute Gasteiger partial charge is 0.416 e. The first-order valence-corrected chi connectivity index (χ1v) is 14.6. The molecule has 2 aromatic rings. The molecule has 0 spiro atoms. The van der Waals surface area contributed by atoms with Gasteiger partial charge in [0.1, 0.15) is 5.82 Å². The molecule has 0 aliphatic carbocycles. The van der Waals surface area contributed by atoms with E-state index < -0.39 is 47.3 Å². The second-order valence-corrected chi connectivity index (χ2v) is 11.6. The molecular formula is C31H35F7N4O3. The lowest BCUT2D eigenvalue weighted by Crippen LogP contribution is -2.54. The van der Waals surface area contributed by atoms with Crippen molar-refractivity contribution in [2.45, 2.75) is 51.5 Å². The van der Waals surface area contributed by atoms with Crippen LogP contribution in [0.4, 0.5) is 35.5 Å². The number of carbonyl (C=O) groups excluding carboxylic acids is 3. The zero-order valence-electron chi connectivity index (χ0n) is 25.1. The second-order valence-electron chi connectivity index (χ2n) is 11.6. The molecule has 2 saturated heterocycles. The minimum Gasteiger partial charge on any atom is -0.339 e. The van der Waals surface area contributed by atoms with Gasteiger partial charge in [0.25, 0.3) is 0 Å². The monoisotopic (exact) mass is 644 g/mol. The fraction of sp³-hybridized carbons (Fsp3) is 0.516. The highest BCUT2D eigenvalue weighted by Crippen LogP contribution is 2.39. The molecule has 0 saturated carbocycles. The van der Waals surface area contributed by atoms with Gasteiger partial charge in [0.05, 0.1) is 17.2 Å². The Bertz CT molecular complexity index is 1390. The van der Waals surface area contributed by atoms with E-state index in [1.807, 2.05) is 0 Å². The molecule has 2 aliphatic heterocycles. The molecule has 0 N–H and O–H groups in total. The maximum atomic E-state index is 14.0. The summed E-state index contributed by atoms with van der Waals surface area (Å²) < 4.78 is 93.9. The van der Waals surface area contributed by atoms with Gasteiger partial charge < -0.3 is 19.6 Å². The molecule has 0 radical (unpaired) electrons. The molecule has 4 amide bonds. The van der Waals surface area contributed by atoms with Crippen LogP contribution in [-0.4, -0.2) is 83.8 Å². The van der Waals surface area contributed by atoms with Crippen LogP contribution in [0.3, 0.4) is 0 Å². The molecular weight excluding hydrogens is 609 g/mol. The first-order chi connectivity index (χ1) is 21.0. The van der Waals surface area contributed by atoms with E-state index in [9.17, 15) is 45.1 Å². The number of alkyl halides is 6. The molecule has 246 valence electrons. The van der Waals surface area contributed by atoms with Crippen LogP contribution in [0.5, 0.6) is 0 Å². The second kappa shape index (κ2) is 13.3. The lowest BCUT2D eigenvalue weighted by Gasteiger charge is -2.43. The molecule has 4 rings (SSSR count). The topological polar surface area (TPSA) is 64.2 Å². The zero-order chi connectivity index (χ0) is 33.3. The third-order valence-corrected chi connectivity index (χ3v) is 8.53. The zero-order valence-corrected chi connectivity index (χ0v) is 25.1. The van der Waals surface area contributed by atoms with Crippen LogP contribution in [0.15, 0.2) is 36.4 Å². The number of urea groups is 1. The van der Waals surface area contributed by atoms with E-state index in [-0.39, 0.29) is 49.4 Å². The van der Waals surface area contributed by atoms with E-state index in [4.69, 9.17) is 0 Å². The Morgan fingerprint density at radius 1 is 0.867 bits per heavy atom. The third kappa shape index (κ3) is 8.06. The van der Waals surface area contributed by atoms with E-state index in [2.05, 4.69) is 0 Å². The van der Waals surface area contributed by atoms with Crippen molar-refractivity contribution in [2.24, 2.45) is 5.92 Å². The minimum absolute atomic E-state index is 0.0582. The van der Waals surface area contributed by atoms with E-state index >= 15 is 0 Å². The van der Waals surface area contributed by atoms with Gasteiger partial charge in [-0.1, -0.05) is 6.07 Å². The summed E-state index contributed by atoms with van der Waals surface area (Å²) in [6.45, 7) is 4.72. The lowest BCUT2D eigenvalue weighted by atomic mass is 9.84. The Labute approximate surface area is 256 Å². The lowest BCUT2D eigenvalue weighted by molar-refractivity contribution is -0.143. The number of piperazine rings is 1. The van der Waals surface area contributed by atoms with E-state index in [0.29, 0.717) is 55.9 Å². The highest BCUT2D eigenvalue weighted by atomic mass is 19.4. The number of piperidine rings is 1. The summed E-state index contributed by atoms with van der Waals surface area (Å²) in [4.78, 5) is 45.0. The molecule has 2 aliphatic rings. The average molecular weight is 645 g/mol. The molecule has 45 heavy (non-hydrogen) atoms. The van der Waals surface area contributed by atoms with Gasteiger partial charge >= 0.3 is 18.4 Å². The summed E-state index contributed by atoms with van der Waals surface area (Å²) in [5.41, 5.74) is -1.89. The van der Waals surface area contributed by atoms with Gasteiger partial charge in [0, 0.05) is 59.2 Å². The van der Waals surface area contributed by atoms with Crippen molar-refractivity contribution in [3.63, 3.8) is 0 Å². The quantitative estimate of drug-likeness (QED) is 0.381. The predicted molar refractivity (Wildman–Crippen MR) is 150 cm³/mol. The Hall–Kier alpha value is -3.84. The van der Waals surface area contributed by atoms with Gasteiger partial charge in [-0.15, -0.1) is 0 Å². The first kappa shape index (κ1) is 34.0. The number of likely N-dealkylation sites (N-methyl/N-ethyl adjacent to an activating group) is 1. The number of hydrogen-bond acceptors (Lipinski definition) is 3. The van der Waals surface area contributed by atoms with Crippen molar-refractivity contribution >= 4 is 17.8 Å². The molecule has 2 aromatic carbocycles. The number of carbonyl (C=O) groups is 3. The Morgan fingerprint density at radius 2 is 1.44 bits per heavy atom. The molecule has 0 unspecified atom stereocenters. The number of aryl methyl sites for hydroxylation is 1. The molecule has 0 aromatic heterocycles. The number of nitrogens with zero attached hydrogens (tertiary/aromatic N) is 4. The fourth-order valence-electron chi connectivity index (χ4n) is 6.00. The maximum absolute atomic E-state index is 14.0. The van der Waals surface area contributed by atoms with Gasteiger partial charge in [-0.2, -0.15) is 26.3 Å². The van der Waals surface area contributed by atoms with Crippen molar-refractivity contribution in [1.82, 2.24) is 19.6 Å². The summed E-state index contributed by atoms with van der Waals surface area (Å²) in [7, 11) is 1.40. The van der Waals surface area contributed by atoms with Gasteiger partial charge in [-0.05, 0) is 73.2 Å². The predicted octanol–water partition coefficient (Wildman–Crippen LogP) is 5.91. The van der Waals surface area contributed by atoms with Crippen LogP contribution in [0.2, 0.25) is 0 Å². The Morgan fingerprint density at radius 3 is 1.98 bits per heavy atom. The van der Waals surface area contributed by atoms with Crippen LogP contribution in [0.1, 0.15) is 53.6 Å². The highest BCUT2D eigenvalue weighted by Gasteiger charge is 2.40. The molecule has 2 atom stereocenters. The Kier molecular flexibility index (Phi) is 10.0. The highest BCUT2D eigenvalue weighted by molar-refractivity contribution is 5.81. The SMILES string of the molecule is CC(=O)N1CCN(C(=O)[C@H]2CCN(C(=O)N(C)CCc3cc(C(F)(F)F)cc(C(F)(F)F)c3)[C@@H](c3ccc(F)cc3C)C2)CC1. The van der Waals surface area contributed by atoms with Crippen molar-refractivity contribution < 1.29 is 45.1 Å². The molecule has 7 nitrogen and oxygen atoms in total. The van der Waals surface area contributed by atoms with Crippen LogP contribution < -0.4 is 0 Å². The van der Waals surface area contributed by atoms with Gasteiger partial charge in [-0.25, -0.2) is 9.18 Å². The normalized spacial score (nSPS) is 19.5. The molecule has 14 heteroatoms. The van der Waals surface area contributed by atoms with Gasteiger partial charge in [0.15, 0.2) is 0 Å². The number of halogens is 7.